The molecule has 0 aliphatic heterocycles. The predicted molar refractivity (Wildman–Crippen MR) is 97.5 cm³/mol. The zero-order valence-electron chi connectivity index (χ0n) is 14.3. The minimum atomic E-state index is 0.799. The second-order valence-corrected chi connectivity index (χ2v) is 7.32. The van der Waals surface area contributed by atoms with Crippen LogP contribution in [-0.2, 0) is 0 Å². The molecule has 22 heavy (non-hydrogen) atoms. The summed E-state index contributed by atoms with van der Waals surface area (Å²) in [5.74, 6) is 1.80. The third kappa shape index (κ3) is 3.72. The standard InChI is InChI=1S/C22H30/c1-3-4-5-6-18-8-11-19(12-9-18)21-14-13-20-15-17(2)7-10-22(20)16-21/h7,10,13-16,18-19H,3-6,8-9,11-12H2,1-2H3/t18-,19-. The number of rotatable bonds is 5. The lowest BCUT2D eigenvalue weighted by atomic mass is 9.77. The Hall–Kier alpha value is -1.30. The van der Waals surface area contributed by atoms with Crippen LogP contribution in [0.15, 0.2) is 36.4 Å². The van der Waals surface area contributed by atoms with E-state index in [2.05, 4.69) is 50.2 Å². The van der Waals surface area contributed by atoms with E-state index >= 15 is 0 Å². The molecule has 0 bridgehead atoms. The molecule has 2 aromatic carbocycles. The van der Waals surface area contributed by atoms with Gasteiger partial charge in [-0.15, -0.1) is 0 Å². The Labute approximate surface area is 135 Å². The first kappa shape index (κ1) is 15.6. The molecule has 1 fully saturated rings. The van der Waals surface area contributed by atoms with E-state index in [4.69, 9.17) is 0 Å². The largest absolute Gasteiger partial charge is 0.0654 e. The van der Waals surface area contributed by atoms with Crippen LogP contribution in [0.2, 0.25) is 0 Å². The van der Waals surface area contributed by atoms with Crippen molar-refractivity contribution in [3.63, 3.8) is 0 Å². The van der Waals surface area contributed by atoms with Crippen LogP contribution in [-0.4, -0.2) is 0 Å². The smallest absolute Gasteiger partial charge is 0.0162 e. The maximum Gasteiger partial charge on any atom is -0.0162 e. The molecule has 0 nitrogen and oxygen atoms in total. The van der Waals surface area contributed by atoms with E-state index < -0.39 is 0 Å². The minimum Gasteiger partial charge on any atom is -0.0654 e. The fourth-order valence-corrected chi connectivity index (χ4v) is 4.11. The molecule has 0 heterocycles. The quantitative estimate of drug-likeness (QED) is 0.521. The zero-order chi connectivity index (χ0) is 15.4. The maximum atomic E-state index is 2.44. The van der Waals surface area contributed by atoms with Crippen molar-refractivity contribution in [1.82, 2.24) is 0 Å². The predicted octanol–water partition coefficient (Wildman–Crippen LogP) is 7.00. The zero-order valence-corrected chi connectivity index (χ0v) is 14.3. The molecule has 0 heteroatoms. The Kier molecular flexibility index (Phi) is 5.18. The molecule has 2 aromatic rings. The van der Waals surface area contributed by atoms with Gasteiger partial charge in [0.25, 0.3) is 0 Å². The average Bonchev–Trinajstić information content (AvgIpc) is 2.55. The summed E-state index contributed by atoms with van der Waals surface area (Å²) >= 11 is 0. The van der Waals surface area contributed by atoms with Crippen LogP contribution < -0.4 is 0 Å². The number of benzene rings is 2. The molecule has 0 N–H and O–H groups in total. The van der Waals surface area contributed by atoms with E-state index in [0.29, 0.717) is 0 Å². The van der Waals surface area contributed by atoms with E-state index in [9.17, 15) is 0 Å². The second-order valence-electron chi connectivity index (χ2n) is 7.32. The van der Waals surface area contributed by atoms with Gasteiger partial charge in [-0.1, -0.05) is 74.6 Å². The van der Waals surface area contributed by atoms with Crippen molar-refractivity contribution in [2.45, 2.75) is 71.1 Å². The van der Waals surface area contributed by atoms with Crippen molar-refractivity contribution < 1.29 is 0 Å². The van der Waals surface area contributed by atoms with E-state index in [-0.39, 0.29) is 0 Å². The summed E-state index contributed by atoms with van der Waals surface area (Å²) in [5.41, 5.74) is 2.93. The van der Waals surface area contributed by atoms with Gasteiger partial charge in [0.15, 0.2) is 0 Å². The van der Waals surface area contributed by atoms with Crippen LogP contribution in [0, 0.1) is 12.8 Å². The highest BCUT2D eigenvalue weighted by Gasteiger charge is 2.22. The van der Waals surface area contributed by atoms with Gasteiger partial charge >= 0.3 is 0 Å². The molecule has 0 saturated heterocycles. The third-order valence-electron chi connectivity index (χ3n) is 5.55. The Bertz CT molecular complexity index is 602. The molecule has 0 unspecified atom stereocenters. The first-order valence-corrected chi connectivity index (χ1v) is 9.26. The number of hydrogen-bond donors (Lipinski definition) is 0. The Balaban J connectivity index is 1.62. The summed E-state index contributed by atoms with van der Waals surface area (Å²) in [4.78, 5) is 0. The molecule has 1 aliphatic carbocycles. The minimum absolute atomic E-state index is 0.799. The van der Waals surface area contributed by atoms with Crippen LogP contribution in [0.3, 0.4) is 0 Å². The molecule has 0 atom stereocenters. The maximum absolute atomic E-state index is 2.44. The van der Waals surface area contributed by atoms with E-state index in [1.807, 2.05) is 0 Å². The molecule has 3 rings (SSSR count). The van der Waals surface area contributed by atoms with Crippen molar-refractivity contribution in [2.24, 2.45) is 5.92 Å². The van der Waals surface area contributed by atoms with Crippen molar-refractivity contribution in [3.8, 4) is 0 Å². The number of unbranched alkanes of at least 4 members (excludes halogenated alkanes) is 2. The molecule has 0 amide bonds. The van der Waals surface area contributed by atoms with Gasteiger partial charge in [0.1, 0.15) is 0 Å². The Morgan fingerprint density at radius 1 is 0.864 bits per heavy atom. The van der Waals surface area contributed by atoms with Gasteiger partial charge in [0, 0.05) is 0 Å². The Morgan fingerprint density at radius 2 is 1.59 bits per heavy atom. The Morgan fingerprint density at radius 3 is 2.36 bits per heavy atom. The molecule has 1 saturated carbocycles. The molecule has 0 aromatic heterocycles. The summed E-state index contributed by atoms with van der Waals surface area (Å²) in [6.45, 7) is 4.48. The van der Waals surface area contributed by atoms with Crippen LogP contribution >= 0.6 is 0 Å². The fourth-order valence-electron chi connectivity index (χ4n) is 4.11. The summed E-state index contributed by atoms with van der Waals surface area (Å²) < 4.78 is 0. The lowest BCUT2D eigenvalue weighted by Gasteiger charge is -2.29. The SMILES string of the molecule is CCCCC[C@H]1CC[C@H](c2ccc3cc(C)ccc3c2)CC1. The van der Waals surface area contributed by atoms with Crippen LogP contribution in [0.5, 0.6) is 0 Å². The van der Waals surface area contributed by atoms with Gasteiger partial charge in [-0.25, -0.2) is 0 Å². The van der Waals surface area contributed by atoms with Gasteiger partial charge in [-0.05, 0) is 60.8 Å². The van der Waals surface area contributed by atoms with Crippen molar-refractivity contribution >= 4 is 10.8 Å². The topological polar surface area (TPSA) is 0 Å². The molecule has 1 aliphatic rings. The summed E-state index contributed by atoms with van der Waals surface area (Å²) in [6, 6.07) is 14.0. The van der Waals surface area contributed by atoms with Gasteiger partial charge in [0.05, 0.1) is 0 Å². The third-order valence-corrected chi connectivity index (χ3v) is 5.55. The molecule has 0 radical (unpaired) electrons. The van der Waals surface area contributed by atoms with Gasteiger partial charge in [-0.3, -0.25) is 0 Å². The number of fused-ring (bicyclic) bond motifs is 1. The van der Waals surface area contributed by atoms with Crippen LogP contribution in [0.4, 0.5) is 0 Å². The van der Waals surface area contributed by atoms with Gasteiger partial charge < -0.3 is 0 Å². The number of hydrogen-bond acceptors (Lipinski definition) is 0. The highest BCUT2D eigenvalue weighted by atomic mass is 14.3. The number of aryl methyl sites for hydroxylation is 1. The molecular weight excluding hydrogens is 264 g/mol. The van der Waals surface area contributed by atoms with Crippen molar-refractivity contribution in [2.75, 3.05) is 0 Å². The lowest BCUT2D eigenvalue weighted by molar-refractivity contribution is 0.303. The van der Waals surface area contributed by atoms with E-state index in [1.165, 1.54) is 67.7 Å². The van der Waals surface area contributed by atoms with E-state index in [1.54, 1.807) is 5.56 Å². The van der Waals surface area contributed by atoms with Gasteiger partial charge in [0.2, 0.25) is 0 Å². The first-order chi connectivity index (χ1) is 10.8. The summed E-state index contributed by atoms with van der Waals surface area (Å²) in [5, 5.41) is 2.80. The van der Waals surface area contributed by atoms with E-state index in [0.717, 1.165) is 11.8 Å². The summed E-state index contributed by atoms with van der Waals surface area (Å²) in [7, 11) is 0. The average molecular weight is 294 g/mol. The second kappa shape index (κ2) is 7.31. The molecule has 118 valence electrons. The fraction of sp³-hybridized carbons (Fsp3) is 0.545. The highest BCUT2D eigenvalue weighted by Crippen LogP contribution is 2.38. The van der Waals surface area contributed by atoms with Gasteiger partial charge in [-0.2, -0.15) is 0 Å². The van der Waals surface area contributed by atoms with Crippen LogP contribution in [0.1, 0.15) is 75.3 Å². The molecule has 0 spiro atoms. The van der Waals surface area contributed by atoms with Crippen LogP contribution in [0.25, 0.3) is 10.8 Å². The monoisotopic (exact) mass is 294 g/mol. The normalized spacial score (nSPS) is 22.1. The van der Waals surface area contributed by atoms with Crippen molar-refractivity contribution in [1.29, 1.82) is 0 Å². The molecular formula is C22H30. The summed E-state index contributed by atoms with van der Waals surface area (Å²) in [6.07, 6.45) is 11.4. The van der Waals surface area contributed by atoms with Crippen molar-refractivity contribution in [3.05, 3.63) is 47.5 Å². The lowest BCUT2D eigenvalue weighted by Crippen LogP contribution is -2.13. The highest BCUT2D eigenvalue weighted by molar-refractivity contribution is 5.83. The first-order valence-electron chi connectivity index (χ1n) is 9.26.